The highest BCUT2D eigenvalue weighted by Crippen LogP contribution is 2.44. The number of hydrogen-bond acceptors (Lipinski definition) is 8. The largest absolute Gasteiger partial charge is 0.493 e. The van der Waals surface area contributed by atoms with Crippen LogP contribution in [0.15, 0.2) is 12.1 Å². The summed E-state index contributed by atoms with van der Waals surface area (Å²) in [5.74, 6) is 2.60. The molecule has 8 heteroatoms. The van der Waals surface area contributed by atoms with E-state index >= 15 is 0 Å². The van der Waals surface area contributed by atoms with Crippen molar-refractivity contribution in [2.75, 3.05) is 39.3 Å². The van der Waals surface area contributed by atoms with Crippen LogP contribution in [0.2, 0.25) is 0 Å². The average molecular weight is 446 g/mol. The summed E-state index contributed by atoms with van der Waals surface area (Å²) in [7, 11) is 4.82. The number of ether oxygens (including phenoxy) is 3. The van der Waals surface area contributed by atoms with E-state index in [1.165, 1.54) is 0 Å². The fourth-order valence-electron chi connectivity index (χ4n) is 4.91. The number of anilines is 1. The second-order valence-electron chi connectivity index (χ2n) is 8.81. The van der Waals surface area contributed by atoms with Gasteiger partial charge in [-0.15, -0.1) is 0 Å². The van der Waals surface area contributed by atoms with Crippen molar-refractivity contribution in [2.24, 2.45) is 0 Å². The van der Waals surface area contributed by atoms with Gasteiger partial charge in [-0.3, -0.25) is 0 Å². The molecular weight excluding hydrogens is 410 g/mol. The summed E-state index contributed by atoms with van der Waals surface area (Å²) < 4.78 is 16.8. The summed E-state index contributed by atoms with van der Waals surface area (Å²) in [5, 5.41) is 24.6. The normalized spacial score (nSPS) is 23.9. The van der Waals surface area contributed by atoms with Crippen LogP contribution >= 0.6 is 0 Å². The highest BCUT2D eigenvalue weighted by Gasteiger charge is 2.25. The molecule has 1 aliphatic carbocycles. The Morgan fingerprint density at radius 3 is 2.38 bits per heavy atom. The predicted molar refractivity (Wildman–Crippen MR) is 124 cm³/mol. The van der Waals surface area contributed by atoms with Gasteiger partial charge in [0.2, 0.25) is 5.75 Å². The lowest BCUT2D eigenvalue weighted by Crippen LogP contribution is -2.40. The smallest absolute Gasteiger partial charge is 0.204 e. The first-order chi connectivity index (χ1) is 15.5. The molecule has 8 nitrogen and oxygen atoms in total. The zero-order chi connectivity index (χ0) is 22.7. The number of hydrogen-bond donors (Lipinski definition) is 3. The summed E-state index contributed by atoms with van der Waals surface area (Å²) in [6.07, 6.45) is 4.84. The molecule has 1 saturated carbocycles. The van der Waals surface area contributed by atoms with Gasteiger partial charge in [-0.2, -0.15) is 0 Å². The Morgan fingerprint density at radius 2 is 1.72 bits per heavy atom. The summed E-state index contributed by atoms with van der Waals surface area (Å²) in [6.45, 7) is 2.09. The van der Waals surface area contributed by atoms with E-state index in [0.29, 0.717) is 36.4 Å². The summed E-state index contributed by atoms with van der Waals surface area (Å²) in [4.78, 5) is 7.20. The van der Waals surface area contributed by atoms with Crippen LogP contribution in [-0.2, 0) is 6.54 Å². The Bertz CT molecular complexity index is 930. The number of rotatable bonds is 7. The van der Waals surface area contributed by atoms with Crippen molar-refractivity contribution in [3.8, 4) is 17.2 Å². The molecule has 3 N–H and O–H groups in total. The standard InChI is InChI=1S/C24H35N3O5/c1-30-21-12-20-19(22(31-2)23(21)32-3)11-15(13-25-16-6-8-17(28)9-7-16)24(26-20)27-10-4-5-18(29)14-27/h11-12,16-18,25,28-29H,4-10,13-14H2,1-3H3/t16?,17?,18-/m1/s1. The molecule has 1 aromatic carbocycles. The van der Waals surface area contributed by atoms with Crippen molar-refractivity contribution in [1.29, 1.82) is 0 Å². The van der Waals surface area contributed by atoms with Gasteiger partial charge in [0.15, 0.2) is 11.5 Å². The highest BCUT2D eigenvalue weighted by atomic mass is 16.5. The van der Waals surface area contributed by atoms with Crippen LogP contribution in [-0.4, -0.2) is 67.9 Å². The van der Waals surface area contributed by atoms with E-state index in [4.69, 9.17) is 19.2 Å². The molecule has 1 atom stereocenters. The van der Waals surface area contributed by atoms with Crippen molar-refractivity contribution >= 4 is 16.7 Å². The van der Waals surface area contributed by atoms with Crippen LogP contribution in [0, 0.1) is 0 Å². The van der Waals surface area contributed by atoms with Crippen molar-refractivity contribution < 1.29 is 24.4 Å². The number of pyridine rings is 1. The highest BCUT2D eigenvalue weighted by molar-refractivity contribution is 5.92. The first-order valence-electron chi connectivity index (χ1n) is 11.5. The summed E-state index contributed by atoms with van der Waals surface area (Å²) >= 11 is 0. The lowest BCUT2D eigenvalue weighted by atomic mass is 9.93. The minimum absolute atomic E-state index is 0.174. The van der Waals surface area contributed by atoms with Gasteiger partial charge in [0.05, 0.1) is 39.1 Å². The number of methoxy groups -OCH3 is 3. The number of nitrogens with zero attached hydrogens (tertiary/aromatic N) is 2. The van der Waals surface area contributed by atoms with Crippen LogP contribution in [0.3, 0.4) is 0 Å². The molecular formula is C24H35N3O5. The molecule has 1 aromatic heterocycles. The number of benzene rings is 1. The molecule has 2 fully saturated rings. The second kappa shape index (κ2) is 10.1. The fourth-order valence-corrected chi connectivity index (χ4v) is 4.91. The van der Waals surface area contributed by atoms with Crippen molar-refractivity contribution in [3.05, 3.63) is 17.7 Å². The number of aliphatic hydroxyl groups is 2. The quantitative estimate of drug-likeness (QED) is 0.599. The lowest BCUT2D eigenvalue weighted by molar-refractivity contribution is 0.116. The van der Waals surface area contributed by atoms with Gasteiger partial charge in [-0.25, -0.2) is 4.98 Å². The average Bonchev–Trinajstić information content (AvgIpc) is 2.81. The van der Waals surface area contributed by atoms with Crippen LogP contribution in [0.5, 0.6) is 17.2 Å². The molecule has 0 spiro atoms. The number of aliphatic hydroxyl groups excluding tert-OH is 2. The summed E-state index contributed by atoms with van der Waals surface area (Å²) in [6, 6.07) is 4.37. The van der Waals surface area contributed by atoms with E-state index in [2.05, 4.69) is 16.3 Å². The Kier molecular flexibility index (Phi) is 7.23. The van der Waals surface area contributed by atoms with E-state index in [-0.39, 0.29) is 12.2 Å². The van der Waals surface area contributed by atoms with Crippen LogP contribution in [0.4, 0.5) is 5.82 Å². The molecule has 0 unspecified atom stereocenters. The van der Waals surface area contributed by atoms with Crippen molar-refractivity contribution in [1.82, 2.24) is 10.3 Å². The van der Waals surface area contributed by atoms with E-state index < -0.39 is 0 Å². The van der Waals surface area contributed by atoms with E-state index in [1.807, 2.05) is 6.07 Å². The molecule has 4 rings (SSSR count). The topological polar surface area (TPSA) is 96.3 Å². The minimum Gasteiger partial charge on any atom is -0.493 e. The number of aromatic nitrogens is 1. The van der Waals surface area contributed by atoms with Crippen LogP contribution < -0.4 is 24.4 Å². The Balaban J connectivity index is 1.74. The number of piperidine rings is 1. The maximum absolute atomic E-state index is 10.3. The minimum atomic E-state index is -0.346. The first kappa shape index (κ1) is 22.9. The van der Waals surface area contributed by atoms with Crippen molar-refractivity contribution in [3.63, 3.8) is 0 Å². The van der Waals surface area contributed by atoms with Gasteiger partial charge in [0, 0.05) is 42.7 Å². The maximum atomic E-state index is 10.3. The maximum Gasteiger partial charge on any atom is 0.204 e. The molecule has 0 amide bonds. The first-order valence-corrected chi connectivity index (χ1v) is 11.5. The Morgan fingerprint density at radius 1 is 0.969 bits per heavy atom. The Labute approximate surface area is 189 Å². The number of fused-ring (bicyclic) bond motifs is 1. The van der Waals surface area contributed by atoms with Gasteiger partial charge >= 0.3 is 0 Å². The van der Waals surface area contributed by atoms with Gasteiger partial charge in [-0.05, 0) is 44.6 Å². The zero-order valence-electron chi connectivity index (χ0n) is 19.3. The molecule has 176 valence electrons. The Hall–Kier alpha value is -2.29. The van der Waals surface area contributed by atoms with E-state index in [0.717, 1.165) is 67.4 Å². The second-order valence-corrected chi connectivity index (χ2v) is 8.81. The molecule has 0 radical (unpaired) electrons. The van der Waals surface area contributed by atoms with Crippen LogP contribution in [0.1, 0.15) is 44.1 Å². The van der Waals surface area contributed by atoms with Gasteiger partial charge in [-0.1, -0.05) is 0 Å². The third-order valence-corrected chi connectivity index (χ3v) is 6.65. The lowest BCUT2D eigenvalue weighted by Gasteiger charge is -2.33. The molecule has 1 saturated heterocycles. The molecule has 2 aliphatic rings. The summed E-state index contributed by atoms with van der Waals surface area (Å²) in [5.41, 5.74) is 1.82. The molecule has 32 heavy (non-hydrogen) atoms. The third kappa shape index (κ3) is 4.72. The molecule has 2 aromatic rings. The van der Waals surface area contributed by atoms with Gasteiger partial charge in [0.25, 0.3) is 0 Å². The predicted octanol–water partition coefficient (Wildman–Crippen LogP) is 2.61. The molecule has 2 heterocycles. The van der Waals surface area contributed by atoms with E-state index in [1.54, 1.807) is 21.3 Å². The van der Waals surface area contributed by atoms with Gasteiger partial charge in [0.1, 0.15) is 5.82 Å². The monoisotopic (exact) mass is 445 g/mol. The molecule has 1 aliphatic heterocycles. The zero-order valence-corrected chi connectivity index (χ0v) is 19.3. The van der Waals surface area contributed by atoms with E-state index in [9.17, 15) is 10.2 Å². The number of β-amino-alcohol motifs (C(OH)–C–C–N with tert-alkyl or cyclic N) is 1. The van der Waals surface area contributed by atoms with Crippen molar-refractivity contribution in [2.45, 2.75) is 63.3 Å². The third-order valence-electron chi connectivity index (χ3n) is 6.65. The van der Waals surface area contributed by atoms with Gasteiger partial charge < -0.3 is 34.6 Å². The number of nitrogens with one attached hydrogen (secondary N) is 1. The molecule has 0 bridgehead atoms. The SMILES string of the molecule is COc1cc2nc(N3CCC[C@@H](O)C3)c(CNC3CCC(O)CC3)cc2c(OC)c1OC. The fraction of sp³-hybridized carbons (Fsp3) is 0.625. The van der Waals surface area contributed by atoms with Crippen LogP contribution in [0.25, 0.3) is 10.9 Å².